The zero-order valence-electron chi connectivity index (χ0n) is 16.0. The third kappa shape index (κ3) is 4.89. The van der Waals surface area contributed by atoms with Crippen LogP contribution in [0.4, 0.5) is 11.4 Å². The molecule has 3 rings (SSSR count). The molecule has 0 unspecified atom stereocenters. The second-order valence-corrected chi connectivity index (χ2v) is 7.75. The Bertz CT molecular complexity index is 977. The number of carbonyl (C=O) groups excluding carboxylic acids is 3. The van der Waals surface area contributed by atoms with Crippen LogP contribution in [0.1, 0.15) is 17.5 Å². The van der Waals surface area contributed by atoms with E-state index in [4.69, 9.17) is 27.9 Å². The van der Waals surface area contributed by atoms with E-state index in [1.54, 1.807) is 36.4 Å². The van der Waals surface area contributed by atoms with E-state index in [1.807, 2.05) is 13.8 Å². The first kappa shape index (κ1) is 21.1. The molecular weight excluding hydrogens is 415 g/mol. The van der Waals surface area contributed by atoms with Gasteiger partial charge in [-0.1, -0.05) is 35.3 Å². The van der Waals surface area contributed by atoms with Gasteiger partial charge in [0.15, 0.2) is 6.61 Å². The summed E-state index contributed by atoms with van der Waals surface area (Å²) in [7, 11) is 0. The summed E-state index contributed by atoms with van der Waals surface area (Å²) in [6.45, 7) is 3.40. The molecule has 0 bridgehead atoms. The van der Waals surface area contributed by atoms with Gasteiger partial charge in [0, 0.05) is 34.4 Å². The highest BCUT2D eigenvalue weighted by atomic mass is 35.5. The molecule has 2 amide bonds. The predicted molar refractivity (Wildman–Crippen MR) is 112 cm³/mol. The number of esters is 1. The lowest BCUT2D eigenvalue weighted by molar-refractivity contribution is -0.151. The molecule has 1 saturated heterocycles. The molecule has 1 atom stereocenters. The summed E-state index contributed by atoms with van der Waals surface area (Å²) in [6, 6.07) is 10.4. The van der Waals surface area contributed by atoms with Gasteiger partial charge < -0.3 is 15.0 Å². The van der Waals surface area contributed by atoms with Gasteiger partial charge in [-0.05, 0) is 49.2 Å². The fourth-order valence-electron chi connectivity index (χ4n) is 3.16. The number of nitrogens with zero attached hydrogens (tertiary/aromatic N) is 1. The molecule has 152 valence electrons. The van der Waals surface area contributed by atoms with Crippen LogP contribution >= 0.6 is 23.2 Å². The van der Waals surface area contributed by atoms with Crippen LogP contribution in [-0.4, -0.2) is 30.9 Å². The molecule has 8 heteroatoms. The van der Waals surface area contributed by atoms with Crippen LogP contribution < -0.4 is 10.2 Å². The van der Waals surface area contributed by atoms with Crippen molar-refractivity contribution in [2.45, 2.75) is 20.3 Å². The molecule has 1 heterocycles. The minimum atomic E-state index is -0.637. The Morgan fingerprint density at radius 2 is 1.97 bits per heavy atom. The standard InChI is InChI=1S/C21H20Cl2N2O4/c1-12-6-7-15(22)9-17(12)24-19(26)11-29-21(28)14-8-20(27)25(10-14)18-5-3-4-16(23)13(18)2/h3-7,9,14H,8,10-11H2,1-2H3,(H,24,26)/t14-/m1/s1. The van der Waals surface area contributed by atoms with Gasteiger partial charge >= 0.3 is 5.97 Å². The summed E-state index contributed by atoms with van der Waals surface area (Å²) in [5.74, 6) is -1.88. The van der Waals surface area contributed by atoms with E-state index >= 15 is 0 Å². The maximum atomic E-state index is 12.4. The summed E-state index contributed by atoms with van der Waals surface area (Å²) < 4.78 is 5.13. The molecule has 0 aliphatic carbocycles. The van der Waals surface area contributed by atoms with Gasteiger partial charge in [0.25, 0.3) is 5.91 Å². The Balaban J connectivity index is 1.57. The van der Waals surface area contributed by atoms with E-state index in [1.165, 1.54) is 4.90 Å². The molecule has 0 saturated carbocycles. The van der Waals surface area contributed by atoms with Crippen molar-refractivity contribution in [2.24, 2.45) is 5.92 Å². The van der Waals surface area contributed by atoms with E-state index in [-0.39, 0.29) is 18.9 Å². The Hall–Kier alpha value is -2.57. The van der Waals surface area contributed by atoms with Gasteiger partial charge in [0.05, 0.1) is 5.92 Å². The van der Waals surface area contributed by atoms with Crippen molar-refractivity contribution in [1.29, 1.82) is 0 Å². The summed E-state index contributed by atoms with van der Waals surface area (Å²) in [4.78, 5) is 38.4. The van der Waals surface area contributed by atoms with Crippen LogP contribution in [0.5, 0.6) is 0 Å². The van der Waals surface area contributed by atoms with Crippen molar-refractivity contribution in [1.82, 2.24) is 0 Å². The highest BCUT2D eigenvalue weighted by Crippen LogP contribution is 2.31. The number of anilines is 2. The summed E-state index contributed by atoms with van der Waals surface area (Å²) in [6.07, 6.45) is 0.0276. The molecular formula is C21H20Cl2N2O4. The highest BCUT2D eigenvalue weighted by Gasteiger charge is 2.37. The minimum Gasteiger partial charge on any atom is -0.455 e. The van der Waals surface area contributed by atoms with E-state index in [0.717, 1.165) is 11.1 Å². The number of hydrogen-bond donors (Lipinski definition) is 1. The Morgan fingerprint density at radius 3 is 2.72 bits per heavy atom. The normalized spacial score (nSPS) is 16.1. The van der Waals surface area contributed by atoms with Crippen molar-refractivity contribution in [2.75, 3.05) is 23.4 Å². The largest absolute Gasteiger partial charge is 0.455 e. The van der Waals surface area contributed by atoms with Crippen LogP contribution in [0.25, 0.3) is 0 Å². The summed E-state index contributed by atoms with van der Waals surface area (Å²) >= 11 is 12.1. The quantitative estimate of drug-likeness (QED) is 0.717. The van der Waals surface area contributed by atoms with E-state index in [9.17, 15) is 14.4 Å². The molecule has 6 nitrogen and oxygen atoms in total. The number of nitrogens with one attached hydrogen (secondary N) is 1. The number of halogens is 2. The van der Waals surface area contributed by atoms with Crippen molar-refractivity contribution >= 4 is 52.4 Å². The van der Waals surface area contributed by atoms with Crippen molar-refractivity contribution in [3.63, 3.8) is 0 Å². The lowest BCUT2D eigenvalue weighted by Gasteiger charge is -2.19. The smallest absolute Gasteiger partial charge is 0.311 e. The number of amides is 2. The average molecular weight is 435 g/mol. The molecule has 1 N–H and O–H groups in total. The molecule has 1 fully saturated rings. The molecule has 2 aromatic rings. The van der Waals surface area contributed by atoms with Crippen LogP contribution in [0, 0.1) is 19.8 Å². The molecule has 0 spiro atoms. The van der Waals surface area contributed by atoms with E-state index < -0.39 is 24.4 Å². The fourth-order valence-corrected chi connectivity index (χ4v) is 3.50. The second-order valence-electron chi connectivity index (χ2n) is 6.90. The number of benzene rings is 2. The number of ether oxygens (including phenoxy) is 1. The lowest BCUT2D eigenvalue weighted by atomic mass is 10.1. The Morgan fingerprint density at radius 1 is 1.21 bits per heavy atom. The maximum absolute atomic E-state index is 12.4. The van der Waals surface area contributed by atoms with Gasteiger partial charge in [-0.3, -0.25) is 14.4 Å². The van der Waals surface area contributed by atoms with Crippen molar-refractivity contribution < 1.29 is 19.1 Å². The van der Waals surface area contributed by atoms with Crippen molar-refractivity contribution in [3.8, 4) is 0 Å². The topological polar surface area (TPSA) is 75.7 Å². The molecule has 0 aromatic heterocycles. The maximum Gasteiger partial charge on any atom is 0.311 e. The van der Waals surface area contributed by atoms with Gasteiger partial charge in [-0.25, -0.2) is 0 Å². The van der Waals surface area contributed by atoms with Crippen LogP contribution in [0.2, 0.25) is 10.0 Å². The Labute approximate surface area is 178 Å². The first-order valence-electron chi connectivity index (χ1n) is 9.04. The number of carbonyl (C=O) groups is 3. The molecule has 1 aliphatic rings. The lowest BCUT2D eigenvalue weighted by Crippen LogP contribution is -2.28. The second kappa shape index (κ2) is 8.84. The molecule has 0 radical (unpaired) electrons. The molecule has 29 heavy (non-hydrogen) atoms. The highest BCUT2D eigenvalue weighted by molar-refractivity contribution is 6.32. The Kier molecular flexibility index (Phi) is 6.45. The SMILES string of the molecule is Cc1ccc(Cl)cc1NC(=O)COC(=O)[C@@H]1CC(=O)N(c2cccc(Cl)c2C)C1. The zero-order chi connectivity index (χ0) is 21.1. The molecule has 1 aliphatic heterocycles. The van der Waals surface area contributed by atoms with E-state index in [0.29, 0.717) is 21.4 Å². The van der Waals surface area contributed by atoms with Crippen molar-refractivity contribution in [3.05, 3.63) is 57.6 Å². The van der Waals surface area contributed by atoms with Gasteiger partial charge in [0.2, 0.25) is 5.91 Å². The number of aryl methyl sites for hydroxylation is 1. The monoisotopic (exact) mass is 434 g/mol. The fraction of sp³-hybridized carbons (Fsp3) is 0.286. The van der Waals surface area contributed by atoms with Gasteiger partial charge in [-0.2, -0.15) is 0 Å². The first-order chi connectivity index (χ1) is 13.8. The minimum absolute atomic E-state index is 0.0276. The summed E-state index contributed by atoms with van der Waals surface area (Å²) in [5, 5.41) is 3.70. The predicted octanol–water partition coefficient (Wildman–Crippen LogP) is 4.15. The van der Waals surface area contributed by atoms with Gasteiger partial charge in [0.1, 0.15) is 0 Å². The molecule has 2 aromatic carbocycles. The summed E-state index contributed by atoms with van der Waals surface area (Å²) in [5.41, 5.74) is 2.83. The zero-order valence-corrected chi connectivity index (χ0v) is 17.5. The third-order valence-corrected chi connectivity index (χ3v) is 5.45. The average Bonchev–Trinajstić information content (AvgIpc) is 3.06. The van der Waals surface area contributed by atoms with Crippen LogP contribution in [-0.2, 0) is 19.1 Å². The number of hydrogen-bond acceptors (Lipinski definition) is 4. The van der Waals surface area contributed by atoms with E-state index in [2.05, 4.69) is 5.32 Å². The first-order valence-corrected chi connectivity index (χ1v) is 9.80. The number of rotatable bonds is 5. The van der Waals surface area contributed by atoms with Gasteiger partial charge in [-0.15, -0.1) is 0 Å². The van der Waals surface area contributed by atoms with Crippen LogP contribution in [0.3, 0.4) is 0 Å². The van der Waals surface area contributed by atoms with Crippen LogP contribution in [0.15, 0.2) is 36.4 Å². The third-order valence-electron chi connectivity index (χ3n) is 4.81.